The van der Waals surface area contributed by atoms with Crippen LogP contribution in [-0.2, 0) is 19.1 Å². The lowest BCUT2D eigenvalue weighted by Crippen LogP contribution is -2.59. The predicted octanol–water partition coefficient (Wildman–Crippen LogP) is 4.89. The normalized spacial score (nSPS) is 46.4. The Bertz CT molecular complexity index is 691. The summed E-state index contributed by atoms with van der Waals surface area (Å²) in [6, 6.07) is 0. The SMILES string of the molecule is COC(=O)CCC[C@H]1CC[C@H]2[C@@H]3[C@@H](OC(C)=O)C[C@@H]4C[C@H](O)CC[C@]4(C)[C@H]3CC[C@]12C. The molecule has 0 aromatic carbocycles. The summed E-state index contributed by atoms with van der Waals surface area (Å²) in [5.41, 5.74) is 0.526. The van der Waals surface area contributed by atoms with E-state index in [4.69, 9.17) is 9.47 Å². The van der Waals surface area contributed by atoms with E-state index in [0.29, 0.717) is 36.0 Å². The molecule has 0 heterocycles. The molecule has 1 N–H and O–H groups in total. The van der Waals surface area contributed by atoms with E-state index >= 15 is 0 Å². The Labute approximate surface area is 187 Å². The van der Waals surface area contributed by atoms with Gasteiger partial charge >= 0.3 is 11.9 Å². The van der Waals surface area contributed by atoms with Crippen LogP contribution < -0.4 is 0 Å². The third kappa shape index (κ3) is 4.05. The van der Waals surface area contributed by atoms with Gasteiger partial charge < -0.3 is 14.6 Å². The first kappa shape index (κ1) is 23.1. The monoisotopic (exact) mass is 434 g/mol. The molecule has 0 aliphatic heterocycles. The Morgan fingerprint density at radius 1 is 1.00 bits per heavy atom. The van der Waals surface area contributed by atoms with Gasteiger partial charge in [0, 0.05) is 19.3 Å². The fourth-order valence-corrected chi connectivity index (χ4v) is 8.69. The Morgan fingerprint density at radius 2 is 1.71 bits per heavy atom. The maximum atomic E-state index is 12.0. The fourth-order valence-electron chi connectivity index (χ4n) is 8.69. The number of methoxy groups -OCH3 is 1. The van der Waals surface area contributed by atoms with Crippen LogP contribution in [0.3, 0.4) is 0 Å². The first-order valence-corrected chi connectivity index (χ1v) is 12.6. The molecule has 4 aliphatic carbocycles. The summed E-state index contributed by atoms with van der Waals surface area (Å²) in [6.45, 7) is 6.50. The van der Waals surface area contributed by atoms with Crippen LogP contribution in [0.5, 0.6) is 0 Å². The standard InChI is InChI=1S/C26H42O5/c1-16(27)31-22-15-18-14-19(28)10-12-26(18,3)21-11-13-25(2)17(6-5-7-23(29)30-4)8-9-20(25)24(21)22/h17-22,24,28H,5-15H2,1-4H3/t17-,18-,19+,20-,21-,22-,24-,25+,26-/m0/s1. The van der Waals surface area contributed by atoms with Crippen molar-refractivity contribution in [2.75, 3.05) is 7.11 Å². The van der Waals surface area contributed by atoms with Crippen molar-refractivity contribution in [2.45, 2.75) is 104 Å². The predicted molar refractivity (Wildman–Crippen MR) is 118 cm³/mol. The molecule has 5 nitrogen and oxygen atoms in total. The van der Waals surface area contributed by atoms with Crippen molar-refractivity contribution in [1.29, 1.82) is 0 Å². The number of rotatable bonds is 5. The second kappa shape index (κ2) is 8.68. The lowest BCUT2D eigenvalue weighted by Gasteiger charge is -2.62. The molecule has 0 aromatic rings. The molecule has 0 spiro atoms. The van der Waals surface area contributed by atoms with Crippen molar-refractivity contribution in [1.82, 2.24) is 0 Å². The summed E-state index contributed by atoms with van der Waals surface area (Å²) < 4.78 is 10.9. The molecule has 0 radical (unpaired) electrons. The molecule has 4 fully saturated rings. The Balaban J connectivity index is 1.56. The molecule has 4 saturated carbocycles. The zero-order valence-corrected chi connectivity index (χ0v) is 19.9. The minimum atomic E-state index is -0.202. The molecule has 31 heavy (non-hydrogen) atoms. The largest absolute Gasteiger partial charge is 0.469 e. The number of aliphatic hydroxyl groups is 1. The molecule has 0 amide bonds. The summed E-state index contributed by atoms with van der Waals surface area (Å²) in [5, 5.41) is 10.4. The summed E-state index contributed by atoms with van der Waals surface area (Å²) in [5.74, 6) is 2.42. The van der Waals surface area contributed by atoms with Gasteiger partial charge in [-0.25, -0.2) is 0 Å². The second-order valence-electron chi connectivity index (χ2n) is 11.6. The van der Waals surface area contributed by atoms with Gasteiger partial charge in [0.1, 0.15) is 6.10 Å². The van der Waals surface area contributed by atoms with Gasteiger partial charge in [0.05, 0.1) is 13.2 Å². The molecular formula is C26H42O5. The summed E-state index contributed by atoms with van der Waals surface area (Å²) in [4.78, 5) is 23.6. The van der Waals surface area contributed by atoms with Gasteiger partial charge in [0.2, 0.25) is 0 Å². The summed E-state index contributed by atoms with van der Waals surface area (Å²) in [7, 11) is 1.47. The maximum Gasteiger partial charge on any atom is 0.305 e. The van der Waals surface area contributed by atoms with Crippen LogP contribution in [0.15, 0.2) is 0 Å². The summed E-state index contributed by atoms with van der Waals surface area (Å²) in [6.07, 6.45) is 10.9. The van der Waals surface area contributed by atoms with Crippen molar-refractivity contribution in [3.8, 4) is 0 Å². The zero-order valence-electron chi connectivity index (χ0n) is 19.9. The van der Waals surface area contributed by atoms with Crippen molar-refractivity contribution in [2.24, 2.45) is 40.4 Å². The van der Waals surface area contributed by atoms with E-state index in [9.17, 15) is 14.7 Å². The van der Waals surface area contributed by atoms with Gasteiger partial charge in [0.25, 0.3) is 0 Å². The van der Waals surface area contributed by atoms with Crippen molar-refractivity contribution >= 4 is 11.9 Å². The van der Waals surface area contributed by atoms with Crippen molar-refractivity contribution in [3.63, 3.8) is 0 Å². The minimum Gasteiger partial charge on any atom is -0.469 e. The van der Waals surface area contributed by atoms with Gasteiger partial charge in [-0.1, -0.05) is 13.8 Å². The number of aliphatic hydroxyl groups excluding tert-OH is 1. The van der Waals surface area contributed by atoms with Gasteiger partial charge in [-0.3, -0.25) is 9.59 Å². The van der Waals surface area contributed by atoms with Gasteiger partial charge in [-0.2, -0.15) is 0 Å². The Hall–Kier alpha value is -1.10. The number of hydrogen-bond donors (Lipinski definition) is 1. The van der Waals surface area contributed by atoms with E-state index < -0.39 is 0 Å². The quantitative estimate of drug-likeness (QED) is 0.624. The van der Waals surface area contributed by atoms with Crippen LogP contribution in [0.2, 0.25) is 0 Å². The maximum absolute atomic E-state index is 12.0. The second-order valence-corrected chi connectivity index (χ2v) is 11.6. The minimum absolute atomic E-state index is 0.00989. The molecule has 4 rings (SSSR count). The summed E-state index contributed by atoms with van der Waals surface area (Å²) >= 11 is 0. The lowest BCUT2D eigenvalue weighted by atomic mass is 9.44. The molecule has 0 unspecified atom stereocenters. The number of carbonyl (C=O) groups excluding carboxylic acids is 2. The van der Waals surface area contributed by atoms with Crippen LogP contribution in [0.1, 0.15) is 91.4 Å². The van der Waals surface area contributed by atoms with Crippen LogP contribution in [0.4, 0.5) is 0 Å². The molecular weight excluding hydrogens is 392 g/mol. The van der Waals surface area contributed by atoms with Crippen LogP contribution in [-0.4, -0.2) is 36.4 Å². The average molecular weight is 435 g/mol. The highest BCUT2D eigenvalue weighted by atomic mass is 16.5. The van der Waals surface area contributed by atoms with Crippen LogP contribution in [0, 0.1) is 40.4 Å². The lowest BCUT2D eigenvalue weighted by molar-refractivity contribution is -0.193. The number of hydrogen-bond acceptors (Lipinski definition) is 5. The first-order chi connectivity index (χ1) is 14.7. The molecule has 5 heteroatoms. The Morgan fingerprint density at radius 3 is 2.42 bits per heavy atom. The molecule has 0 saturated heterocycles. The van der Waals surface area contributed by atoms with Crippen LogP contribution in [0.25, 0.3) is 0 Å². The number of carbonyl (C=O) groups is 2. The van der Waals surface area contributed by atoms with E-state index in [0.717, 1.165) is 38.5 Å². The smallest absolute Gasteiger partial charge is 0.305 e. The van der Waals surface area contributed by atoms with Gasteiger partial charge in [0.15, 0.2) is 0 Å². The van der Waals surface area contributed by atoms with E-state index in [2.05, 4.69) is 13.8 Å². The highest BCUT2D eigenvalue weighted by molar-refractivity contribution is 5.69. The van der Waals surface area contributed by atoms with Crippen molar-refractivity contribution < 1.29 is 24.2 Å². The van der Waals surface area contributed by atoms with Crippen LogP contribution >= 0.6 is 0 Å². The molecule has 176 valence electrons. The zero-order chi connectivity index (χ0) is 22.4. The van der Waals surface area contributed by atoms with Gasteiger partial charge in [-0.15, -0.1) is 0 Å². The Kier molecular flexibility index (Phi) is 6.46. The molecule has 0 bridgehead atoms. The number of fused-ring (bicyclic) bond motifs is 5. The fraction of sp³-hybridized carbons (Fsp3) is 0.923. The highest BCUT2D eigenvalue weighted by Crippen LogP contribution is 2.68. The third-order valence-electron chi connectivity index (χ3n) is 10.3. The average Bonchev–Trinajstić information content (AvgIpc) is 3.05. The molecule has 4 aliphatic rings. The van der Waals surface area contributed by atoms with E-state index in [1.807, 2.05) is 0 Å². The molecule has 0 aromatic heterocycles. The van der Waals surface area contributed by atoms with Gasteiger partial charge in [-0.05, 0) is 98.7 Å². The van der Waals surface area contributed by atoms with E-state index in [1.54, 1.807) is 6.92 Å². The first-order valence-electron chi connectivity index (χ1n) is 12.6. The topological polar surface area (TPSA) is 72.8 Å². The van der Waals surface area contributed by atoms with E-state index in [-0.39, 0.29) is 35.0 Å². The highest BCUT2D eigenvalue weighted by Gasteiger charge is 2.63. The van der Waals surface area contributed by atoms with Crippen molar-refractivity contribution in [3.05, 3.63) is 0 Å². The number of ether oxygens (including phenoxy) is 2. The third-order valence-corrected chi connectivity index (χ3v) is 10.3. The molecule has 9 atom stereocenters. The van der Waals surface area contributed by atoms with E-state index in [1.165, 1.54) is 32.8 Å². The number of esters is 2.